The molecule has 3 rings (SSSR count). The number of hydrogen-bond donors (Lipinski definition) is 1. The molecule has 1 fully saturated rings. The van der Waals surface area contributed by atoms with Crippen molar-refractivity contribution in [3.8, 4) is 0 Å². The minimum atomic E-state index is 0.300. The molecule has 0 aromatic heterocycles. The van der Waals surface area contributed by atoms with Crippen molar-refractivity contribution in [3.63, 3.8) is 0 Å². The van der Waals surface area contributed by atoms with Crippen molar-refractivity contribution >= 4 is 22.5 Å². The molecule has 1 nitrogen and oxygen atoms in total. The summed E-state index contributed by atoms with van der Waals surface area (Å²) in [6.07, 6.45) is 4.90. The Balaban J connectivity index is 1.69. The molecule has 2 heteroatoms. The minimum Gasteiger partial charge on any atom is -0.327 e. The molecule has 2 aromatic carbocycles. The minimum absolute atomic E-state index is 0.300. The van der Waals surface area contributed by atoms with E-state index in [2.05, 4.69) is 54.2 Å². The van der Waals surface area contributed by atoms with Gasteiger partial charge in [0.25, 0.3) is 0 Å². The van der Waals surface area contributed by atoms with Gasteiger partial charge in [-0.1, -0.05) is 42.5 Å². The third-order valence-corrected chi connectivity index (χ3v) is 5.39. The highest BCUT2D eigenvalue weighted by atomic mass is 32.2. The molecule has 1 saturated heterocycles. The van der Waals surface area contributed by atoms with Crippen LogP contribution in [-0.4, -0.2) is 17.5 Å². The zero-order chi connectivity index (χ0) is 13.8. The smallest absolute Gasteiger partial charge is 0.00821 e. The molecule has 2 N–H and O–H groups in total. The van der Waals surface area contributed by atoms with Crippen LogP contribution in [0.15, 0.2) is 42.5 Å². The Bertz CT molecular complexity index is 555. The van der Waals surface area contributed by atoms with E-state index in [1.165, 1.54) is 47.1 Å². The number of hydrogen-bond acceptors (Lipinski definition) is 2. The fourth-order valence-electron chi connectivity index (χ4n) is 3.25. The van der Waals surface area contributed by atoms with Gasteiger partial charge in [0.15, 0.2) is 0 Å². The quantitative estimate of drug-likeness (QED) is 0.909. The van der Waals surface area contributed by atoms with Crippen molar-refractivity contribution in [1.82, 2.24) is 0 Å². The summed E-state index contributed by atoms with van der Waals surface area (Å²) < 4.78 is 0. The summed E-state index contributed by atoms with van der Waals surface area (Å²) in [7, 11) is 0. The van der Waals surface area contributed by atoms with Gasteiger partial charge in [-0.15, -0.1) is 0 Å². The van der Waals surface area contributed by atoms with Crippen LogP contribution in [0.3, 0.4) is 0 Å². The summed E-state index contributed by atoms with van der Waals surface area (Å²) >= 11 is 2.09. The van der Waals surface area contributed by atoms with Gasteiger partial charge < -0.3 is 5.73 Å². The van der Waals surface area contributed by atoms with Crippen molar-refractivity contribution in [1.29, 1.82) is 0 Å². The lowest BCUT2D eigenvalue weighted by atomic mass is 9.90. The van der Waals surface area contributed by atoms with Gasteiger partial charge in [-0.05, 0) is 59.4 Å². The van der Waals surface area contributed by atoms with Crippen LogP contribution in [0.1, 0.15) is 24.8 Å². The lowest BCUT2D eigenvalue weighted by Gasteiger charge is -2.24. The van der Waals surface area contributed by atoms with Crippen LogP contribution in [0.4, 0.5) is 0 Å². The Morgan fingerprint density at radius 2 is 1.80 bits per heavy atom. The SMILES string of the molecule is NC(Cc1cccc2ccccc12)CC1CCSCC1. The van der Waals surface area contributed by atoms with Crippen molar-refractivity contribution in [2.45, 2.75) is 31.7 Å². The zero-order valence-corrected chi connectivity index (χ0v) is 12.7. The first-order valence-electron chi connectivity index (χ1n) is 7.63. The second-order valence-electron chi connectivity index (χ2n) is 5.89. The molecule has 0 saturated carbocycles. The molecule has 2 aromatic rings. The highest BCUT2D eigenvalue weighted by molar-refractivity contribution is 7.99. The van der Waals surface area contributed by atoms with Gasteiger partial charge in [0.05, 0.1) is 0 Å². The summed E-state index contributed by atoms with van der Waals surface area (Å²) in [6, 6.07) is 15.5. The molecular formula is C18H23NS. The molecule has 1 atom stereocenters. The molecule has 1 heterocycles. The summed E-state index contributed by atoms with van der Waals surface area (Å²) in [6.45, 7) is 0. The lowest BCUT2D eigenvalue weighted by Crippen LogP contribution is -2.27. The number of thioether (sulfide) groups is 1. The summed E-state index contributed by atoms with van der Waals surface area (Å²) in [4.78, 5) is 0. The van der Waals surface area contributed by atoms with E-state index in [1.54, 1.807) is 0 Å². The number of nitrogens with two attached hydrogens (primary N) is 1. The van der Waals surface area contributed by atoms with E-state index >= 15 is 0 Å². The van der Waals surface area contributed by atoms with E-state index in [-0.39, 0.29) is 0 Å². The Kier molecular flexibility index (Phi) is 4.64. The van der Waals surface area contributed by atoms with E-state index in [0.29, 0.717) is 6.04 Å². The molecule has 0 radical (unpaired) electrons. The van der Waals surface area contributed by atoms with Crippen LogP contribution in [-0.2, 0) is 6.42 Å². The predicted molar refractivity (Wildman–Crippen MR) is 90.3 cm³/mol. The van der Waals surface area contributed by atoms with Crippen molar-refractivity contribution in [2.75, 3.05) is 11.5 Å². The van der Waals surface area contributed by atoms with Crippen molar-refractivity contribution in [2.24, 2.45) is 11.7 Å². The maximum absolute atomic E-state index is 6.42. The average molecular weight is 285 g/mol. The molecular weight excluding hydrogens is 262 g/mol. The first-order valence-corrected chi connectivity index (χ1v) is 8.78. The first kappa shape index (κ1) is 14.0. The van der Waals surface area contributed by atoms with E-state index in [1.807, 2.05) is 0 Å². The monoisotopic (exact) mass is 285 g/mol. The zero-order valence-electron chi connectivity index (χ0n) is 11.9. The van der Waals surface area contributed by atoms with Crippen LogP contribution in [0.25, 0.3) is 10.8 Å². The second-order valence-corrected chi connectivity index (χ2v) is 7.12. The largest absolute Gasteiger partial charge is 0.327 e. The third-order valence-electron chi connectivity index (χ3n) is 4.34. The average Bonchev–Trinajstić information content (AvgIpc) is 2.48. The van der Waals surface area contributed by atoms with Crippen molar-refractivity contribution < 1.29 is 0 Å². The van der Waals surface area contributed by atoms with Gasteiger partial charge in [0, 0.05) is 6.04 Å². The molecule has 106 valence electrons. The highest BCUT2D eigenvalue weighted by Crippen LogP contribution is 2.27. The Morgan fingerprint density at radius 1 is 1.05 bits per heavy atom. The maximum atomic E-state index is 6.42. The molecule has 1 aliphatic heterocycles. The fourth-order valence-corrected chi connectivity index (χ4v) is 4.45. The third kappa shape index (κ3) is 3.36. The van der Waals surface area contributed by atoms with Gasteiger partial charge in [-0.2, -0.15) is 11.8 Å². The van der Waals surface area contributed by atoms with Crippen LogP contribution in [0.5, 0.6) is 0 Å². The highest BCUT2D eigenvalue weighted by Gasteiger charge is 2.17. The number of benzene rings is 2. The van der Waals surface area contributed by atoms with Crippen LogP contribution >= 0.6 is 11.8 Å². The molecule has 1 unspecified atom stereocenters. The van der Waals surface area contributed by atoms with Crippen LogP contribution in [0, 0.1) is 5.92 Å². The number of rotatable bonds is 4. The molecule has 0 aliphatic carbocycles. The Morgan fingerprint density at radius 3 is 2.65 bits per heavy atom. The Hall–Kier alpha value is -0.990. The van der Waals surface area contributed by atoms with E-state index in [9.17, 15) is 0 Å². The van der Waals surface area contributed by atoms with Gasteiger partial charge in [0.2, 0.25) is 0 Å². The first-order chi connectivity index (χ1) is 9.83. The standard InChI is InChI=1S/C18H23NS/c19-17(12-14-8-10-20-11-9-14)13-16-6-3-5-15-4-1-2-7-18(15)16/h1-7,14,17H,8-13,19H2. The van der Waals surface area contributed by atoms with Gasteiger partial charge in [-0.3, -0.25) is 0 Å². The molecule has 20 heavy (non-hydrogen) atoms. The van der Waals surface area contributed by atoms with Gasteiger partial charge in [0.1, 0.15) is 0 Å². The van der Waals surface area contributed by atoms with E-state index in [4.69, 9.17) is 5.73 Å². The molecule has 0 spiro atoms. The second kappa shape index (κ2) is 6.64. The molecule has 0 bridgehead atoms. The topological polar surface area (TPSA) is 26.0 Å². The number of fused-ring (bicyclic) bond motifs is 1. The van der Waals surface area contributed by atoms with Crippen molar-refractivity contribution in [3.05, 3.63) is 48.0 Å². The van der Waals surface area contributed by atoms with Crippen LogP contribution in [0.2, 0.25) is 0 Å². The summed E-state index contributed by atoms with van der Waals surface area (Å²) in [5, 5.41) is 2.69. The van der Waals surface area contributed by atoms with Gasteiger partial charge >= 0.3 is 0 Å². The predicted octanol–water partition coefficient (Wildman–Crippen LogP) is 4.24. The molecule has 0 amide bonds. The summed E-state index contributed by atoms with van der Waals surface area (Å²) in [5.74, 6) is 3.50. The van der Waals surface area contributed by atoms with Crippen LogP contribution < -0.4 is 5.73 Å². The fraction of sp³-hybridized carbons (Fsp3) is 0.444. The summed E-state index contributed by atoms with van der Waals surface area (Å²) in [5.41, 5.74) is 7.82. The van der Waals surface area contributed by atoms with E-state index in [0.717, 1.165) is 12.3 Å². The van der Waals surface area contributed by atoms with E-state index < -0.39 is 0 Å². The normalized spacial score (nSPS) is 18.2. The van der Waals surface area contributed by atoms with Gasteiger partial charge in [-0.25, -0.2) is 0 Å². The Labute approximate surface area is 125 Å². The molecule has 1 aliphatic rings. The lowest BCUT2D eigenvalue weighted by molar-refractivity contribution is 0.406. The maximum Gasteiger partial charge on any atom is 0.00821 e.